The topological polar surface area (TPSA) is 65.7 Å². The quantitative estimate of drug-likeness (QED) is 0.246. The third kappa shape index (κ3) is 5.48. The van der Waals surface area contributed by atoms with Crippen LogP contribution in [0.3, 0.4) is 0 Å². The number of hydrogen-bond donors (Lipinski definition) is 0. The van der Waals surface area contributed by atoms with E-state index in [4.69, 9.17) is 9.84 Å². The fourth-order valence-corrected chi connectivity index (χ4v) is 3.80. The van der Waals surface area contributed by atoms with Gasteiger partial charge >= 0.3 is 5.97 Å². The Labute approximate surface area is 199 Å². The third-order valence-corrected chi connectivity index (χ3v) is 5.47. The van der Waals surface area contributed by atoms with Gasteiger partial charge in [0.25, 0.3) is 0 Å². The van der Waals surface area contributed by atoms with Crippen molar-refractivity contribution in [3.8, 4) is 6.07 Å². The Balaban J connectivity index is 1.61. The van der Waals surface area contributed by atoms with Gasteiger partial charge in [-0.3, -0.25) is 5.01 Å². The summed E-state index contributed by atoms with van der Waals surface area (Å²) in [4.78, 5) is 11.9. The Morgan fingerprint density at radius 3 is 2.32 bits per heavy atom. The molecule has 3 aromatic carbocycles. The van der Waals surface area contributed by atoms with Crippen LogP contribution in [0.25, 0.3) is 12.2 Å². The first kappa shape index (κ1) is 22.8. The number of hydrogen-bond acceptors (Lipinski definition) is 5. The molecule has 0 aliphatic carbocycles. The summed E-state index contributed by atoms with van der Waals surface area (Å²) < 4.78 is 4.94. The predicted octanol–water partition coefficient (Wildman–Crippen LogP) is 6.18. The summed E-state index contributed by atoms with van der Waals surface area (Å²) in [6, 6.07) is 30.1. The molecule has 0 radical (unpaired) electrons. The van der Waals surface area contributed by atoms with Gasteiger partial charge in [-0.1, -0.05) is 78.9 Å². The maximum Gasteiger partial charge on any atom is 0.348 e. The molecular formula is C29H25N3O2. The van der Waals surface area contributed by atoms with E-state index in [1.807, 2.05) is 71.7 Å². The third-order valence-electron chi connectivity index (χ3n) is 5.47. The van der Waals surface area contributed by atoms with Gasteiger partial charge in [0, 0.05) is 6.42 Å². The number of carbonyl (C=O) groups excluding carboxylic acids is 1. The van der Waals surface area contributed by atoms with E-state index >= 15 is 0 Å². The number of hydrazone groups is 1. The second-order valence-electron chi connectivity index (χ2n) is 7.79. The lowest BCUT2D eigenvalue weighted by molar-refractivity contribution is -0.137. The molecule has 34 heavy (non-hydrogen) atoms. The first-order chi connectivity index (χ1) is 16.7. The molecule has 0 saturated carbocycles. The minimum Gasteiger partial charge on any atom is -0.462 e. The molecule has 168 valence electrons. The van der Waals surface area contributed by atoms with E-state index < -0.39 is 5.97 Å². The van der Waals surface area contributed by atoms with Gasteiger partial charge in [-0.25, -0.2) is 4.79 Å². The number of anilines is 1. The van der Waals surface area contributed by atoms with Gasteiger partial charge in [0.15, 0.2) is 0 Å². The van der Waals surface area contributed by atoms with Crippen LogP contribution in [0.1, 0.15) is 36.1 Å². The molecule has 0 fully saturated rings. The summed E-state index contributed by atoms with van der Waals surface area (Å²) in [5, 5.41) is 16.2. The van der Waals surface area contributed by atoms with Crippen LogP contribution in [0.15, 0.2) is 102 Å². The fourth-order valence-electron chi connectivity index (χ4n) is 3.80. The van der Waals surface area contributed by atoms with E-state index in [0.717, 1.165) is 28.9 Å². The average Bonchev–Trinajstić information content (AvgIpc) is 3.32. The van der Waals surface area contributed by atoms with Crippen LogP contribution >= 0.6 is 0 Å². The van der Waals surface area contributed by atoms with Crippen molar-refractivity contribution in [2.75, 3.05) is 11.6 Å². The van der Waals surface area contributed by atoms with Crippen molar-refractivity contribution in [2.45, 2.75) is 19.4 Å². The van der Waals surface area contributed by atoms with Gasteiger partial charge in [0.2, 0.25) is 0 Å². The van der Waals surface area contributed by atoms with E-state index in [-0.39, 0.29) is 18.2 Å². The molecule has 5 nitrogen and oxygen atoms in total. The first-order valence-electron chi connectivity index (χ1n) is 11.2. The zero-order valence-electron chi connectivity index (χ0n) is 19.0. The Bertz CT molecular complexity index is 1250. The number of allylic oxidation sites excluding steroid dienone is 1. The molecule has 0 bridgehead atoms. The summed E-state index contributed by atoms with van der Waals surface area (Å²) in [6.45, 7) is 1.94. The molecule has 0 amide bonds. The van der Waals surface area contributed by atoms with Gasteiger partial charge < -0.3 is 4.74 Å². The minimum absolute atomic E-state index is 0.0238. The molecule has 1 heterocycles. The summed E-state index contributed by atoms with van der Waals surface area (Å²) >= 11 is 0. The first-order valence-corrected chi connectivity index (χ1v) is 11.2. The maximum absolute atomic E-state index is 11.9. The van der Waals surface area contributed by atoms with Crippen molar-refractivity contribution in [1.82, 2.24) is 0 Å². The van der Waals surface area contributed by atoms with E-state index in [9.17, 15) is 10.1 Å². The van der Waals surface area contributed by atoms with E-state index in [1.54, 1.807) is 6.92 Å². The number of nitriles is 1. The molecule has 1 unspecified atom stereocenters. The van der Waals surface area contributed by atoms with Crippen LogP contribution in [0.5, 0.6) is 0 Å². The van der Waals surface area contributed by atoms with Crippen LogP contribution < -0.4 is 5.01 Å². The molecule has 0 spiro atoms. The SMILES string of the molecule is CCOC(=O)/C(C#N)=C\c1ccc(N2N=C(/C=C/c3ccccc3)CC2c2ccccc2)cc1. The molecule has 0 aromatic heterocycles. The minimum atomic E-state index is -0.614. The standard InChI is InChI=1S/C29H25N3O2/c1-2-34-29(33)25(21-30)19-23-14-17-27(18-15-23)32-28(24-11-7-4-8-12-24)20-26(31-32)16-13-22-9-5-3-6-10-22/h3-19,28H,2,20H2,1H3/b16-13+,25-19-. The van der Waals surface area contributed by atoms with Crippen LogP contribution in [0.2, 0.25) is 0 Å². The predicted molar refractivity (Wildman–Crippen MR) is 136 cm³/mol. The van der Waals surface area contributed by atoms with Gasteiger partial charge in [-0.15, -0.1) is 0 Å². The fraction of sp³-hybridized carbons (Fsp3) is 0.138. The number of benzene rings is 3. The van der Waals surface area contributed by atoms with E-state index in [2.05, 4.69) is 36.4 Å². The molecule has 0 N–H and O–H groups in total. The summed E-state index contributed by atoms with van der Waals surface area (Å²) in [5.74, 6) is -0.614. The summed E-state index contributed by atoms with van der Waals surface area (Å²) in [5.41, 5.74) is 4.97. The Morgan fingerprint density at radius 2 is 1.68 bits per heavy atom. The van der Waals surface area contributed by atoms with Crippen molar-refractivity contribution in [3.63, 3.8) is 0 Å². The number of esters is 1. The van der Waals surface area contributed by atoms with Crippen LogP contribution in [-0.2, 0) is 9.53 Å². The number of nitrogens with zero attached hydrogens (tertiary/aromatic N) is 3. The van der Waals surface area contributed by atoms with Crippen molar-refractivity contribution < 1.29 is 9.53 Å². The number of carbonyl (C=O) groups is 1. The second-order valence-corrected chi connectivity index (χ2v) is 7.79. The van der Waals surface area contributed by atoms with Crippen LogP contribution in [0, 0.1) is 11.3 Å². The Kier molecular flexibility index (Phi) is 7.32. The molecule has 1 atom stereocenters. The van der Waals surface area contributed by atoms with Crippen molar-refractivity contribution in [3.05, 3.63) is 113 Å². The monoisotopic (exact) mass is 447 g/mol. The molecule has 1 aliphatic rings. The lowest BCUT2D eigenvalue weighted by atomic mass is 10.0. The maximum atomic E-state index is 11.9. The zero-order valence-corrected chi connectivity index (χ0v) is 19.0. The van der Waals surface area contributed by atoms with Crippen molar-refractivity contribution >= 4 is 29.5 Å². The highest BCUT2D eigenvalue weighted by molar-refractivity contribution is 6.01. The summed E-state index contributed by atoms with van der Waals surface area (Å²) in [6.07, 6.45) is 6.48. The molecule has 3 aromatic rings. The van der Waals surface area contributed by atoms with Crippen LogP contribution in [0.4, 0.5) is 5.69 Å². The lowest BCUT2D eigenvalue weighted by Crippen LogP contribution is -2.18. The van der Waals surface area contributed by atoms with Crippen molar-refractivity contribution in [2.24, 2.45) is 5.10 Å². The van der Waals surface area contributed by atoms with Crippen LogP contribution in [-0.4, -0.2) is 18.3 Å². The molecule has 5 heteroatoms. The average molecular weight is 448 g/mol. The van der Waals surface area contributed by atoms with Gasteiger partial charge in [0.1, 0.15) is 11.6 Å². The highest BCUT2D eigenvalue weighted by atomic mass is 16.5. The smallest absolute Gasteiger partial charge is 0.348 e. The molecule has 0 saturated heterocycles. The normalized spacial score (nSPS) is 15.8. The Morgan fingerprint density at radius 1 is 1.00 bits per heavy atom. The zero-order chi connectivity index (χ0) is 23.8. The molecule has 4 rings (SSSR count). The Hall–Kier alpha value is -4.43. The van der Waals surface area contributed by atoms with Crippen molar-refractivity contribution in [1.29, 1.82) is 5.26 Å². The van der Waals surface area contributed by atoms with Gasteiger partial charge in [0.05, 0.1) is 24.0 Å². The van der Waals surface area contributed by atoms with Gasteiger partial charge in [-0.2, -0.15) is 10.4 Å². The second kappa shape index (κ2) is 10.9. The lowest BCUT2D eigenvalue weighted by Gasteiger charge is -2.24. The molecular weight excluding hydrogens is 422 g/mol. The highest BCUT2D eigenvalue weighted by Crippen LogP contribution is 2.35. The number of ether oxygens (including phenoxy) is 1. The largest absolute Gasteiger partial charge is 0.462 e. The van der Waals surface area contributed by atoms with E-state index in [0.29, 0.717) is 0 Å². The van der Waals surface area contributed by atoms with E-state index in [1.165, 1.54) is 11.6 Å². The van der Waals surface area contributed by atoms with Gasteiger partial charge in [-0.05, 0) is 47.9 Å². The summed E-state index contributed by atoms with van der Waals surface area (Å²) in [7, 11) is 0. The molecule has 1 aliphatic heterocycles. The highest BCUT2D eigenvalue weighted by Gasteiger charge is 2.28. The number of rotatable bonds is 7.